The van der Waals surface area contributed by atoms with Crippen LogP contribution in [0.15, 0.2) is 59.5 Å². The molecule has 1 heterocycles. The molecule has 2 aromatic rings. The first-order valence-corrected chi connectivity index (χ1v) is 10.7. The van der Waals surface area contributed by atoms with Crippen LogP contribution in [0.3, 0.4) is 0 Å². The third-order valence-electron chi connectivity index (χ3n) is 4.59. The molecule has 1 fully saturated rings. The first-order valence-electron chi connectivity index (χ1n) is 9.74. The van der Waals surface area contributed by atoms with Crippen molar-refractivity contribution in [3.63, 3.8) is 0 Å². The van der Waals surface area contributed by atoms with Crippen LogP contribution in [0.5, 0.6) is 5.75 Å². The predicted molar refractivity (Wildman–Crippen MR) is 113 cm³/mol. The second-order valence-electron chi connectivity index (χ2n) is 6.64. The molecule has 6 heteroatoms. The molecule has 0 bridgehead atoms. The standard InChI is InChI=1S/C22H28N2O3S/c1-2-27-19-8-10-20(11-9-19)28-17-22(25)23-21(18-6-4-3-5-7-18)16-24-12-14-26-15-13-24/h3-11,21H,2,12-17H2,1H3,(H,23,25). The van der Waals surface area contributed by atoms with Gasteiger partial charge in [0.1, 0.15) is 5.75 Å². The van der Waals surface area contributed by atoms with E-state index in [1.54, 1.807) is 0 Å². The van der Waals surface area contributed by atoms with E-state index in [1.165, 1.54) is 11.8 Å². The minimum atomic E-state index is -0.0206. The van der Waals surface area contributed by atoms with Crippen molar-refractivity contribution in [2.24, 2.45) is 0 Å². The maximum Gasteiger partial charge on any atom is 0.230 e. The Morgan fingerprint density at radius 3 is 2.54 bits per heavy atom. The average molecular weight is 401 g/mol. The highest BCUT2D eigenvalue weighted by Gasteiger charge is 2.20. The lowest BCUT2D eigenvalue weighted by molar-refractivity contribution is -0.119. The highest BCUT2D eigenvalue weighted by molar-refractivity contribution is 8.00. The SMILES string of the molecule is CCOc1ccc(SCC(=O)NC(CN2CCOCC2)c2ccccc2)cc1. The fourth-order valence-electron chi connectivity index (χ4n) is 3.15. The van der Waals surface area contributed by atoms with E-state index in [9.17, 15) is 4.79 Å². The first-order chi connectivity index (χ1) is 13.7. The Hall–Kier alpha value is -2.02. The molecular weight excluding hydrogens is 372 g/mol. The van der Waals surface area contributed by atoms with Crippen LogP contribution in [0.2, 0.25) is 0 Å². The van der Waals surface area contributed by atoms with Gasteiger partial charge in [-0.15, -0.1) is 11.8 Å². The monoisotopic (exact) mass is 400 g/mol. The van der Waals surface area contributed by atoms with E-state index in [2.05, 4.69) is 22.3 Å². The lowest BCUT2D eigenvalue weighted by Crippen LogP contribution is -2.43. The van der Waals surface area contributed by atoms with Gasteiger partial charge in [0.2, 0.25) is 5.91 Å². The molecule has 0 spiro atoms. The lowest BCUT2D eigenvalue weighted by atomic mass is 10.1. The number of rotatable bonds is 9. The molecule has 1 unspecified atom stereocenters. The second-order valence-corrected chi connectivity index (χ2v) is 7.69. The van der Waals surface area contributed by atoms with E-state index in [0.29, 0.717) is 12.4 Å². The Bertz CT molecular complexity index is 718. The van der Waals surface area contributed by atoms with Crippen molar-refractivity contribution in [3.05, 3.63) is 60.2 Å². The van der Waals surface area contributed by atoms with Gasteiger partial charge in [0.15, 0.2) is 0 Å². The first kappa shape index (κ1) is 20.7. The number of hydrogen-bond acceptors (Lipinski definition) is 5. The zero-order valence-electron chi connectivity index (χ0n) is 16.3. The summed E-state index contributed by atoms with van der Waals surface area (Å²) < 4.78 is 10.9. The zero-order chi connectivity index (χ0) is 19.6. The molecule has 1 aliphatic heterocycles. The Balaban J connectivity index is 1.55. The van der Waals surface area contributed by atoms with Gasteiger partial charge in [-0.05, 0) is 36.8 Å². The Labute approximate surface area is 171 Å². The van der Waals surface area contributed by atoms with Crippen LogP contribution in [0.25, 0.3) is 0 Å². The van der Waals surface area contributed by atoms with E-state index in [-0.39, 0.29) is 11.9 Å². The molecule has 5 nitrogen and oxygen atoms in total. The van der Waals surface area contributed by atoms with Crippen LogP contribution in [0, 0.1) is 0 Å². The molecular formula is C22H28N2O3S. The summed E-state index contributed by atoms with van der Waals surface area (Å²) in [6.07, 6.45) is 0. The van der Waals surface area contributed by atoms with Crippen LogP contribution >= 0.6 is 11.8 Å². The number of morpholine rings is 1. The van der Waals surface area contributed by atoms with Crippen LogP contribution in [-0.2, 0) is 9.53 Å². The van der Waals surface area contributed by atoms with Crippen molar-refractivity contribution in [1.82, 2.24) is 10.2 Å². The lowest BCUT2D eigenvalue weighted by Gasteiger charge is -2.31. The van der Waals surface area contributed by atoms with Crippen molar-refractivity contribution in [2.45, 2.75) is 17.9 Å². The van der Waals surface area contributed by atoms with E-state index >= 15 is 0 Å². The number of hydrogen-bond donors (Lipinski definition) is 1. The third-order valence-corrected chi connectivity index (χ3v) is 5.60. The summed E-state index contributed by atoms with van der Waals surface area (Å²) in [7, 11) is 0. The molecule has 1 N–H and O–H groups in total. The summed E-state index contributed by atoms with van der Waals surface area (Å²) in [6.45, 7) is 6.73. The zero-order valence-corrected chi connectivity index (χ0v) is 17.1. The second kappa shape index (κ2) is 11.1. The number of nitrogens with one attached hydrogen (secondary N) is 1. The van der Waals surface area contributed by atoms with Gasteiger partial charge in [0.25, 0.3) is 0 Å². The van der Waals surface area contributed by atoms with Crippen LogP contribution < -0.4 is 10.1 Å². The topological polar surface area (TPSA) is 50.8 Å². The van der Waals surface area contributed by atoms with Gasteiger partial charge in [0, 0.05) is 24.5 Å². The van der Waals surface area contributed by atoms with Gasteiger partial charge < -0.3 is 14.8 Å². The van der Waals surface area contributed by atoms with Crippen LogP contribution in [0.4, 0.5) is 0 Å². The van der Waals surface area contributed by atoms with E-state index in [0.717, 1.165) is 49.1 Å². The average Bonchev–Trinajstić information content (AvgIpc) is 2.74. The van der Waals surface area contributed by atoms with Crippen LogP contribution in [0.1, 0.15) is 18.5 Å². The Morgan fingerprint density at radius 2 is 1.86 bits per heavy atom. The van der Waals surface area contributed by atoms with Crippen molar-refractivity contribution < 1.29 is 14.3 Å². The molecule has 150 valence electrons. The summed E-state index contributed by atoms with van der Waals surface area (Å²) in [4.78, 5) is 16.0. The minimum Gasteiger partial charge on any atom is -0.494 e. The van der Waals surface area contributed by atoms with Gasteiger partial charge >= 0.3 is 0 Å². The van der Waals surface area contributed by atoms with E-state index in [4.69, 9.17) is 9.47 Å². The van der Waals surface area contributed by atoms with Crippen molar-refractivity contribution >= 4 is 17.7 Å². The highest BCUT2D eigenvalue weighted by atomic mass is 32.2. The number of amides is 1. The van der Waals surface area contributed by atoms with Crippen molar-refractivity contribution in [2.75, 3.05) is 45.2 Å². The molecule has 0 aromatic heterocycles. The fourth-order valence-corrected chi connectivity index (χ4v) is 3.85. The van der Waals surface area contributed by atoms with Gasteiger partial charge in [-0.25, -0.2) is 0 Å². The molecule has 3 rings (SSSR count). The summed E-state index contributed by atoms with van der Waals surface area (Å²) in [5, 5.41) is 3.22. The van der Waals surface area contributed by atoms with Crippen molar-refractivity contribution in [3.8, 4) is 5.75 Å². The van der Waals surface area contributed by atoms with E-state index < -0.39 is 0 Å². The number of benzene rings is 2. The van der Waals surface area contributed by atoms with Crippen LogP contribution in [-0.4, -0.2) is 56.0 Å². The molecule has 0 radical (unpaired) electrons. The summed E-state index contributed by atoms with van der Waals surface area (Å²) >= 11 is 1.54. The largest absolute Gasteiger partial charge is 0.494 e. The van der Waals surface area contributed by atoms with Gasteiger partial charge in [-0.2, -0.15) is 0 Å². The summed E-state index contributed by atoms with van der Waals surface area (Å²) in [5.74, 6) is 1.28. The Kier molecular flexibility index (Phi) is 8.21. The quantitative estimate of drug-likeness (QED) is 0.654. The number of thioether (sulfide) groups is 1. The molecule has 1 aliphatic rings. The molecule has 1 saturated heterocycles. The maximum absolute atomic E-state index is 12.6. The number of carbonyl (C=O) groups is 1. The normalized spacial score (nSPS) is 15.8. The fraction of sp³-hybridized carbons (Fsp3) is 0.409. The number of nitrogens with zero attached hydrogens (tertiary/aromatic N) is 1. The molecule has 1 atom stereocenters. The number of carbonyl (C=O) groups excluding carboxylic acids is 1. The maximum atomic E-state index is 12.6. The minimum absolute atomic E-state index is 0.0206. The Morgan fingerprint density at radius 1 is 1.14 bits per heavy atom. The smallest absolute Gasteiger partial charge is 0.230 e. The number of ether oxygens (including phenoxy) is 2. The molecule has 2 aromatic carbocycles. The summed E-state index contributed by atoms with van der Waals surface area (Å²) in [6, 6.07) is 18.0. The molecule has 0 aliphatic carbocycles. The third kappa shape index (κ3) is 6.55. The van der Waals surface area contributed by atoms with Gasteiger partial charge in [-0.3, -0.25) is 9.69 Å². The predicted octanol–water partition coefficient (Wildman–Crippen LogP) is 3.37. The highest BCUT2D eigenvalue weighted by Crippen LogP contribution is 2.22. The summed E-state index contributed by atoms with van der Waals surface area (Å²) in [5.41, 5.74) is 1.13. The van der Waals surface area contributed by atoms with Gasteiger partial charge in [0.05, 0.1) is 31.6 Å². The molecule has 1 amide bonds. The van der Waals surface area contributed by atoms with E-state index in [1.807, 2.05) is 49.4 Å². The molecule has 0 saturated carbocycles. The van der Waals surface area contributed by atoms with Crippen molar-refractivity contribution in [1.29, 1.82) is 0 Å². The van der Waals surface area contributed by atoms with Gasteiger partial charge in [-0.1, -0.05) is 30.3 Å². The molecule has 28 heavy (non-hydrogen) atoms.